The molecule has 218 valence electrons. The smallest absolute Gasteiger partial charge is 0.307 e. The van der Waals surface area contributed by atoms with E-state index in [2.05, 4.69) is 29.4 Å². The van der Waals surface area contributed by atoms with Gasteiger partial charge < -0.3 is 25.8 Å². The van der Waals surface area contributed by atoms with Crippen LogP contribution in [0, 0.1) is 11.8 Å². The van der Waals surface area contributed by atoms with E-state index in [0.29, 0.717) is 24.1 Å². The lowest BCUT2D eigenvalue weighted by molar-refractivity contribution is -0.138. The molecule has 5 rings (SSSR count). The zero-order valence-corrected chi connectivity index (χ0v) is 24.1. The first-order valence-corrected chi connectivity index (χ1v) is 15.0. The van der Waals surface area contributed by atoms with Crippen molar-refractivity contribution in [1.82, 2.24) is 9.88 Å². The van der Waals surface area contributed by atoms with Gasteiger partial charge >= 0.3 is 5.97 Å². The Bertz CT molecular complexity index is 1310. The molecular weight excluding hydrogens is 540 g/mol. The van der Waals surface area contributed by atoms with Gasteiger partial charge in [0.25, 0.3) is 5.19 Å². The third-order valence-electron chi connectivity index (χ3n) is 7.19. The minimum atomic E-state index is -0.676. The number of benzene rings is 2. The second-order valence-electron chi connectivity index (χ2n) is 10.4. The summed E-state index contributed by atoms with van der Waals surface area (Å²) in [5.74, 6) is -1.10. The zero-order chi connectivity index (χ0) is 29.2. The molecule has 1 aliphatic carbocycles. The number of unbranched alkanes of at least 4 members (excludes halogenated alkanes) is 3. The number of carboxylic acids is 1. The highest BCUT2D eigenvalue weighted by Gasteiger charge is 2.41. The van der Waals surface area contributed by atoms with Crippen LogP contribution in [0.15, 0.2) is 66.7 Å². The number of carbonyl (C=O) groups is 3. The van der Waals surface area contributed by atoms with Crippen LogP contribution in [0.1, 0.15) is 45.4 Å². The van der Waals surface area contributed by atoms with Gasteiger partial charge in [-0.1, -0.05) is 73.6 Å². The van der Waals surface area contributed by atoms with Crippen LogP contribution >= 0.6 is 11.3 Å². The number of thiazole rings is 1. The van der Waals surface area contributed by atoms with E-state index < -0.39 is 17.9 Å². The fraction of sp³-hybridized carbons (Fsp3) is 0.419. The van der Waals surface area contributed by atoms with Gasteiger partial charge in [0.2, 0.25) is 11.8 Å². The second-order valence-corrected chi connectivity index (χ2v) is 11.4. The predicted molar refractivity (Wildman–Crippen MR) is 161 cm³/mol. The molecule has 4 atom stereocenters. The average molecular weight is 579 g/mol. The van der Waals surface area contributed by atoms with Crippen LogP contribution in [-0.2, 0) is 14.4 Å². The van der Waals surface area contributed by atoms with E-state index in [4.69, 9.17) is 15.6 Å². The third-order valence-corrected chi connectivity index (χ3v) is 8.11. The number of carboxylic acid groups (broad SMARTS) is 1. The minimum absolute atomic E-state index is 0.0811. The molecular formula is C31H38N4O5S. The fourth-order valence-corrected chi connectivity index (χ4v) is 5.68. The number of likely N-dealkylation sites (tertiary alicyclic amines) is 1. The lowest BCUT2D eigenvalue weighted by Crippen LogP contribution is -2.45. The molecule has 0 bridgehead atoms. The predicted octanol–water partition coefficient (Wildman–Crippen LogP) is 5.09. The molecule has 2 heterocycles. The zero-order valence-electron chi connectivity index (χ0n) is 23.3. The molecule has 0 spiro atoms. The average Bonchev–Trinajstić information content (AvgIpc) is 3.44. The number of carbonyl (C=O) groups excluding carboxylic acids is 2. The van der Waals surface area contributed by atoms with E-state index in [9.17, 15) is 14.4 Å². The first-order chi connectivity index (χ1) is 19.9. The minimum Gasteiger partial charge on any atom is -0.481 e. The molecule has 2 aromatic carbocycles. The molecule has 9 nitrogen and oxygen atoms in total. The number of primary amides is 1. The number of hydrogen-bond acceptors (Lipinski definition) is 7. The molecule has 41 heavy (non-hydrogen) atoms. The summed E-state index contributed by atoms with van der Waals surface area (Å²) in [6, 6.07) is 16.5. The van der Waals surface area contributed by atoms with Crippen LogP contribution in [0.25, 0.3) is 10.2 Å². The number of aromatic nitrogens is 1. The number of nitrogens with two attached hydrogens (primary N) is 1. The molecule has 3 unspecified atom stereocenters. The van der Waals surface area contributed by atoms with Gasteiger partial charge in [0, 0.05) is 12.1 Å². The highest BCUT2D eigenvalue weighted by Crippen LogP contribution is 2.39. The molecule has 1 aliphatic heterocycles. The number of ether oxygens (including phenoxy) is 1. The fourth-order valence-electron chi connectivity index (χ4n) is 4.80. The first-order valence-electron chi connectivity index (χ1n) is 14.1. The van der Waals surface area contributed by atoms with Crippen molar-refractivity contribution in [2.75, 3.05) is 18.4 Å². The number of nitrogens with one attached hydrogen (secondary N) is 1. The maximum Gasteiger partial charge on any atom is 0.307 e. The maximum absolute atomic E-state index is 12.7. The molecule has 1 saturated carbocycles. The van der Waals surface area contributed by atoms with Crippen LogP contribution in [0.2, 0.25) is 0 Å². The molecule has 1 aromatic heterocycles. The van der Waals surface area contributed by atoms with Crippen molar-refractivity contribution in [2.24, 2.45) is 17.6 Å². The van der Waals surface area contributed by atoms with Gasteiger partial charge in [-0.3, -0.25) is 14.4 Å². The largest absolute Gasteiger partial charge is 0.481 e. The van der Waals surface area contributed by atoms with Gasteiger partial charge in [-0.2, -0.15) is 0 Å². The summed E-state index contributed by atoms with van der Waals surface area (Å²) in [5.41, 5.74) is 7.24. The number of aliphatic carboxylic acids is 1. The molecule has 2 amide bonds. The summed E-state index contributed by atoms with van der Waals surface area (Å²) >= 11 is 1.45. The number of nitrogens with zero attached hydrogens (tertiary/aromatic N) is 2. The van der Waals surface area contributed by atoms with Crippen LogP contribution in [0.5, 0.6) is 5.19 Å². The SMILES string of the molecule is CCCCC/C=C\C1CC1C(=O)O.NC(=O)C1C[C@@H](Oc2nc3ccccc3s2)CN1C(=O)CNc1ccccc1. The van der Waals surface area contributed by atoms with Crippen molar-refractivity contribution in [3.8, 4) is 5.19 Å². The van der Waals surface area contributed by atoms with Gasteiger partial charge in [0.1, 0.15) is 12.1 Å². The number of rotatable bonds is 12. The number of allylic oxidation sites excluding steroid dienone is 2. The number of amides is 2. The van der Waals surface area contributed by atoms with Crippen LogP contribution in [0.4, 0.5) is 5.69 Å². The molecule has 4 N–H and O–H groups in total. The first kappa shape index (κ1) is 30.0. The topological polar surface area (TPSA) is 135 Å². The number of fused-ring (bicyclic) bond motifs is 1. The van der Waals surface area contributed by atoms with Gasteiger partial charge in [0.15, 0.2) is 0 Å². The molecule has 2 fully saturated rings. The standard InChI is InChI=1S/C20H20N4O3S.C11H18O2/c21-19(26)16-10-14(27-20-23-15-8-4-5-9-17(15)28-20)12-24(16)18(25)11-22-13-6-2-1-3-7-13;1-2-3-4-5-6-7-9-8-10(9)11(12)13/h1-9,14,16,22H,10-12H2,(H2,21,26);6-7,9-10H,2-5,8H2,1H3,(H,12,13)/b;7-6-/t14-,16?;/m1./s1. The van der Waals surface area contributed by atoms with E-state index in [-0.39, 0.29) is 24.5 Å². The van der Waals surface area contributed by atoms with Crippen LogP contribution in [-0.4, -0.2) is 58.0 Å². The van der Waals surface area contributed by atoms with Gasteiger partial charge in [-0.25, -0.2) is 4.98 Å². The highest BCUT2D eigenvalue weighted by atomic mass is 32.1. The lowest BCUT2D eigenvalue weighted by atomic mass is 10.2. The summed E-state index contributed by atoms with van der Waals surface area (Å²) in [6.45, 7) is 2.57. The highest BCUT2D eigenvalue weighted by molar-refractivity contribution is 7.20. The Morgan fingerprint density at radius 2 is 1.88 bits per heavy atom. The number of para-hydroxylation sites is 2. The van der Waals surface area contributed by atoms with Crippen LogP contribution < -0.4 is 15.8 Å². The van der Waals surface area contributed by atoms with Crippen molar-refractivity contribution < 1.29 is 24.2 Å². The Morgan fingerprint density at radius 1 is 1.12 bits per heavy atom. The second kappa shape index (κ2) is 14.6. The van der Waals surface area contributed by atoms with Gasteiger partial charge in [0.05, 0.1) is 29.2 Å². The van der Waals surface area contributed by atoms with E-state index in [1.54, 1.807) is 0 Å². The summed E-state index contributed by atoms with van der Waals surface area (Å²) in [4.78, 5) is 41.0. The van der Waals surface area contributed by atoms with E-state index in [0.717, 1.165) is 28.7 Å². The Morgan fingerprint density at radius 3 is 2.56 bits per heavy atom. The van der Waals surface area contributed by atoms with Crippen molar-refractivity contribution in [1.29, 1.82) is 0 Å². The summed E-state index contributed by atoms with van der Waals surface area (Å²) in [5, 5.41) is 12.2. The summed E-state index contributed by atoms with van der Waals surface area (Å²) in [7, 11) is 0. The monoisotopic (exact) mass is 578 g/mol. The van der Waals surface area contributed by atoms with Crippen molar-refractivity contribution in [3.05, 3.63) is 66.7 Å². The van der Waals surface area contributed by atoms with E-state index in [1.807, 2.05) is 54.6 Å². The molecule has 10 heteroatoms. The quantitative estimate of drug-likeness (QED) is 0.201. The molecule has 3 aromatic rings. The molecule has 0 radical (unpaired) electrons. The lowest BCUT2D eigenvalue weighted by Gasteiger charge is -2.22. The number of anilines is 1. The van der Waals surface area contributed by atoms with E-state index in [1.165, 1.54) is 35.5 Å². The van der Waals surface area contributed by atoms with Crippen molar-refractivity contribution in [2.45, 2.75) is 57.6 Å². The number of hydrogen-bond donors (Lipinski definition) is 3. The third kappa shape index (κ3) is 8.78. The molecule has 1 saturated heterocycles. The van der Waals surface area contributed by atoms with Crippen LogP contribution in [0.3, 0.4) is 0 Å². The van der Waals surface area contributed by atoms with Crippen molar-refractivity contribution >= 4 is 45.0 Å². The normalized spacial score (nSPS) is 21.3. The van der Waals surface area contributed by atoms with E-state index >= 15 is 0 Å². The summed E-state index contributed by atoms with van der Waals surface area (Å²) in [6.07, 6.45) is 9.97. The van der Waals surface area contributed by atoms with Gasteiger partial charge in [-0.05, 0) is 49.4 Å². The Hall–Kier alpha value is -3.92. The molecule has 2 aliphatic rings. The van der Waals surface area contributed by atoms with Gasteiger partial charge in [-0.15, -0.1) is 0 Å². The summed E-state index contributed by atoms with van der Waals surface area (Å²) < 4.78 is 7.00. The van der Waals surface area contributed by atoms with Crippen molar-refractivity contribution in [3.63, 3.8) is 0 Å². The Labute approximate surface area is 244 Å². The Kier molecular flexibility index (Phi) is 10.7. The maximum atomic E-state index is 12.7. The Balaban J connectivity index is 0.000000251.